The van der Waals surface area contributed by atoms with Gasteiger partial charge in [0.25, 0.3) is 5.91 Å². The van der Waals surface area contributed by atoms with E-state index in [1.807, 2.05) is 19.1 Å². The monoisotopic (exact) mass is 203 g/mol. The maximum absolute atomic E-state index is 11.6. The van der Waals surface area contributed by atoms with Crippen molar-refractivity contribution < 1.29 is 4.79 Å². The van der Waals surface area contributed by atoms with Gasteiger partial charge in [-0.1, -0.05) is 6.92 Å². The molecule has 2 rings (SSSR count). The van der Waals surface area contributed by atoms with Crippen LogP contribution in [0.3, 0.4) is 0 Å². The van der Waals surface area contributed by atoms with Crippen LogP contribution < -0.4 is 5.32 Å². The lowest BCUT2D eigenvalue weighted by atomic mass is 10.2. The van der Waals surface area contributed by atoms with E-state index in [1.54, 1.807) is 12.4 Å². The number of nitrogens with zero attached hydrogens (tertiary/aromatic N) is 1. The molecule has 0 aliphatic carbocycles. The Hall–Kier alpha value is -1.84. The number of hydrogen-bond acceptors (Lipinski definition) is 2. The molecule has 0 aliphatic heterocycles. The molecule has 1 aromatic heterocycles. The molecule has 15 heavy (non-hydrogen) atoms. The standard InChI is InChI=1S/C11H13N3O/c1-2-5-12-11(15)8-3-4-9-10(6-8)14-7-13-9/h3-4,6-7H,2,5H2,1H3,(H,12,15)(H,13,14). The molecule has 1 heterocycles. The number of benzene rings is 1. The van der Waals surface area contributed by atoms with E-state index in [4.69, 9.17) is 0 Å². The molecule has 4 nitrogen and oxygen atoms in total. The number of hydrogen-bond donors (Lipinski definition) is 2. The molecule has 2 N–H and O–H groups in total. The van der Waals surface area contributed by atoms with Gasteiger partial charge in [-0.15, -0.1) is 0 Å². The number of H-pyrrole nitrogens is 1. The Labute approximate surface area is 87.7 Å². The Kier molecular flexibility index (Phi) is 2.67. The summed E-state index contributed by atoms with van der Waals surface area (Å²) in [5.41, 5.74) is 2.43. The van der Waals surface area contributed by atoms with Gasteiger partial charge >= 0.3 is 0 Å². The number of aromatic nitrogens is 2. The summed E-state index contributed by atoms with van der Waals surface area (Å²) in [4.78, 5) is 18.7. The van der Waals surface area contributed by atoms with Crippen LogP contribution in [0.1, 0.15) is 23.7 Å². The van der Waals surface area contributed by atoms with Crippen molar-refractivity contribution >= 4 is 16.9 Å². The smallest absolute Gasteiger partial charge is 0.251 e. The first-order valence-corrected chi connectivity index (χ1v) is 5.02. The van der Waals surface area contributed by atoms with Crippen molar-refractivity contribution in [2.75, 3.05) is 6.54 Å². The zero-order chi connectivity index (χ0) is 10.7. The number of amides is 1. The van der Waals surface area contributed by atoms with Crippen LogP contribution in [-0.2, 0) is 0 Å². The van der Waals surface area contributed by atoms with Crippen LogP contribution in [0.5, 0.6) is 0 Å². The third-order valence-corrected chi connectivity index (χ3v) is 2.22. The molecule has 0 saturated carbocycles. The molecule has 0 radical (unpaired) electrons. The summed E-state index contributed by atoms with van der Waals surface area (Å²) in [5.74, 6) is -0.0339. The van der Waals surface area contributed by atoms with Crippen LogP contribution >= 0.6 is 0 Å². The molecule has 0 bridgehead atoms. The average molecular weight is 203 g/mol. The van der Waals surface area contributed by atoms with E-state index in [1.165, 1.54) is 0 Å². The molecule has 0 aliphatic rings. The highest BCUT2D eigenvalue weighted by Crippen LogP contribution is 2.11. The van der Waals surface area contributed by atoms with Crippen molar-refractivity contribution in [3.63, 3.8) is 0 Å². The van der Waals surface area contributed by atoms with Gasteiger partial charge in [0.05, 0.1) is 17.4 Å². The van der Waals surface area contributed by atoms with Gasteiger partial charge in [0.2, 0.25) is 0 Å². The molecular weight excluding hydrogens is 190 g/mol. The number of carbonyl (C=O) groups is 1. The summed E-state index contributed by atoms with van der Waals surface area (Å²) in [7, 11) is 0. The Morgan fingerprint density at radius 3 is 3.20 bits per heavy atom. The Morgan fingerprint density at radius 1 is 1.53 bits per heavy atom. The van der Waals surface area contributed by atoms with E-state index in [0.717, 1.165) is 17.5 Å². The molecule has 2 aromatic rings. The van der Waals surface area contributed by atoms with Gasteiger partial charge in [-0.2, -0.15) is 0 Å². The van der Waals surface area contributed by atoms with Gasteiger partial charge in [0.15, 0.2) is 0 Å². The minimum absolute atomic E-state index is 0.0339. The fourth-order valence-electron chi connectivity index (χ4n) is 1.42. The van der Waals surface area contributed by atoms with Crippen molar-refractivity contribution in [3.05, 3.63) is 30.1 Å². The normalized spacial score (nSPS) is 10.5. The Morgan fingerprint density at radius 2 is 2.40 bits per heavy atom. The highest BCUT2D eigenvalue weighted by molar-refractivity contribution is 5.97. The predicted molar refractivity (Wildman–Crippen MR) is 58.7 cm³/mol. The zero-order valence-electron chi connectivity index (χ0n) is 8.58. The molecule has 78 valence electrons. The number of fused-ring (bicyclic) bond motifs is 1. The number of rotatable bonds is 3. The van der Waals surface area contributed by atoms with Crippen LogP contribution in [0.2, 0.25) is 0 Å². The summed E-state index contributed by atoms with van der Waals surface area (Å²) >= 11 is 0. The number of aromatic amines is 1. The third-order valence-electron chi connectivity index (χ3n) is 2.22. The van der Waals surface area contributed by atoms with Crippen LogP contribution in [0, 0.1) is 0 Å². The molecule has 0 atom stereocenters. The van der Waals surface area contributed by atoms with E-state index >= 15 is 0 Å². The number of nitrogens with one attached hydrogen (secondary N) is 2. The lowest BCUT2D eigenvalue weighted by molar-refractivity contribution is 0.0954. The van der Waals surface area contributed by atoms with Gasteiger partial charge in [-0.05, 0) is 24.6 Å². The fraction of sp³-hybridized carbons (Fsp3) is 0.273. The van der Waals surface area contributed by atoms with Crippen LogP contribution in [0.25, 0.3) is 11.0 Å². The lowest BCUT2D eigenvalue weighted by Gasteiger charge is -2.02. The zero-order valence-corrected chi connectivity index (χ0v) is 8.58. The molecule has 1 aromatic carbocycles. The number of carbonyl (C=O) groups excluding carboxylic acids is 1. The second-order valence-corrected chi connectivity index (χ2v) is 3.39. The second kappa shape index (κ2) is 4.13. The van der Waals surface area contributed by atoms with Gasteiger partial charge in [0, 0.05) is 12.1 Å². The maximum Gasteiger partial charge on any atom is 0.251 e. The summed E-state index contributed by atoms with van der Waals surface area (Å²) < 4.78 is 0. The van der Waals surface area contributed by atoms with E-state index in [-0.39, 0.29) is 5.91 Å². The largest absolute Gasteiger partial charge is 0.352 e. The van der Waals surface area contributed by atoms with E-state index in [2.05, 4.69) is 15.3 Å². The first kappa shape index (κ1) is 9.71. The molecule has 0 spiro atoms. The fourth-order valence-corrected chi connectivity index (χ4v) is 1.42. The predicted octanol–water partition coefficient (Wildman–Crippen LogP) is 1.70. The van der Waals surface area contributed by atoms with E-state index in [0.29, 0.717) is 12.1 Å². The van der Waals surface area contributed by atoms with E-state index in [9.17, 15) is 4.79 Å². The minimum atomic E-state index is -0.0339. The van der Waals surface area contributed by atoms with Crippen molar-refractivity contribution in [1.29, 1.82) is 0 Å². The molecule has 0 fully saturated rings. The van der Waals surface area contributed by atoms with Crippen molar-refractivity contribution in [2.24, 2.45) is 0 Å². The average Bonchev–Trinajstić information content (AvgIpc) is 2.72. The summed E-state index contributed by atoms with van der Waals surface area (Å²) in [5, 5.41) is 2.83. The quantitative estimate of drug-likeness (QED) is 0.797. The van der Waals surface area contributed by atoms with Gasteiger partial charge in [0.1, 0.15) is 0 Å². The topological polar surface area (TPSA) is 57.8 Å². The van der Waals surface area contributed by atoms with Gasteiger partial charge < -0.3 is 10.3 Å². The van der Waals surface area contributed by atoms with Crippen molar-refractivity contribution in [3.8, 4) is 0 Å². The SMILES string of the molecule is CCCNC(=O)c1ccc2nc[nH]c2c1. The molecular formula is C11H13N3O. The lowest BCUT2D eigenvalue weighted by Crippen LogP contribution is -2.23. The van der Waals surface area contributed by atoms with Gasteiger partial charge in [-0.25, -0.2) is 4.98 Å². The first-order chi connectivity index (χ1) is 7.31. The highest BCUT2D eigenvalue weighted by Gasteiger charge is 2.05. The Bertz CT molecular complexity index is 475. The summed E-state index contributed by atoms with van der Waals surface area (Å²) in [6, 6.07) is 5.44. The van der Waals surface area contributed by atoms with Crippen molar-refractivity contribution in [1.82, 2.24) is 15.3 Å². The van der Waals surface area contributed by atoms with Gasteiger partial charge in [-0.3, -0.25) is 4.79 Å². The molecule has 0 unspecified atom stereocenters. The minimum Gasteiger partial charge on any atom is -0.352 e. The molecule has 4 heteroatoms. The van der Waals surface area contributed by atoms with E-state index < -0.39 is 0 Å². The summed E-state index contributed by atoms with van der Waals surface area (Å²) in [6.45, 7) is 2.73. The first-order valence-electron chi connectivity index (χ1n) is 5.02. The van der Waals surface area contributed by atoms with Crippen LogP contribution in [0.15, 0.2) is 24.5 Å². The third kappa shape index (κ3) is 1.98. The molecule has 1 amide bonds. The number of imidazole rings is 1. The van der Waals surface area contributed by atoms with Crippen molar-refractivity contribution in [2.45, 2.75) is 13.3 Å². The maximum atomic E-state index is 11.6. The van der Waals surface area contributed by atoms with Crippen LogP contribution in [0.4, 0.5) is 0 Å². The molecule has 0 saturated heterocycles. The Balaban J connectivity index is 2.23. The summed E-state index contributed by atoms with van der Waals surface area (Å²) in [6.07, 6.45) is 2.57. The highest BCUT2D eigenvalue weighted by atomic mass is 16.1. The second-order valence-electron chi connectivity index (χ2n) is 3.39. The van der Waals surface area contributed by atoms with Crippen LogP contribution in [-0.4, -0.2) is 22.4 Å².